The summed E-state index contributed by atoms with van der Waals surface area (Å²) in [4.78, 5) is 24.8. The molecule has 162 valence electrons. The van der Waals surface area contributed by atoms with Crippen LogP contribution in [0.5, 0.6) is 0 Å². The van der Waals surface area contributed by atoms with Crippen molar-refractivity contribution in [3.63, 3.8) is 0 Å². The van der Waals surface area contributed by atoms with Crippen LogP contribution in [-0.2, 0) is 36.0 Å². The predicted molar refractivity (Wildman–Crippen MR) is 112 cm³/mol. The van der Waals surface area contributed by atoms with Crippen LogP contribution in [0.25, 0.3) is 0 Å². The van der Waals surface area contributed by atoms with Crippen LogP contribution in [0.3, 0.4) is 0 Å². The average Bonchev–Trinajstić information content (AvgIpc) is 3.01. The molecule has 0 radical (unpaired) electrons. The van der Waals surface area contributed by atoms with Gasteiger partial charge in [-0.1, -0.05) is 19.9 Å². The number of thioether (sulfide) groups is 1. The molecule has 1 aromatic rings. The van der Waals surface area contributed by atoms with E-state index in [2.05, 4.69) is 13.8 Å². The maximum Gasteiger partial charge on any atom is 0.317 e. The Kier molecular flexibility index (Phi) is 7.76. The van der Waals surface area contributed by atoms with E-state index in [4.69, 9.17) is 14.2 Å². The normalized spacial score (nSPS) is 17.3. The van der Waals surface area contributed by atoms with Crippen molar-refractivity contribution in [1.29, 1.82) is 0 Å². The number of carbonyl (C=O) groups excluding carboxylic acids is 1. The van der Waals surface area contributed by atoms with Gasteiger partial charge in [0.25, 0.3) is 0 Å². The molecule has 6 nitrogen and oxygen atoms in total. The summed E-state index contributed by atoms with van der Waals surface area (Å²) in [7, 11) is 0. The van der Waals surface area contributed by atoms with Crippen LogP contribution >= 0.6 is 11.8 Å². The first-order valence-electron chi connectivity index (χ1n) is 9.92. The Labute approximate surface area is 177 Å². The molecule has 1 N–H and O–H groups in total. The lowest BCUT2D eigenvalue weighted by Gasteiger charge is -2.25. The first kappa shape index (κ1) is 23.7. The van der Waals surface area contributed by atoms with Crippen molar-refractivity contribution in [3.05, 3.63) is 29.3 Å². The fourth-order valence-corrected chi connectivity index (χ4v) is 4.19. The fourth-order valence-electron chi connectivity index (χ4n) is 3.12. The van der Waals surface area contributed by atoms with E-state index in [1.54, 1.807) is 20.8 Å². The molecule has 1 aromatic carbocycles. The van der Waals surface area contributed by atoms with Gasteiger partial charge in [0.2, 0.25) is 0 Å². The highest BCUT2D eigenvalue weighted by Gasteiger charge is 2.34. The third kappa shape index (κ3) is 7.01. The second-order valence-corrected chi connectivity index (χ2v) is 10.0. The third-order valence-electron chi connectivity index (χ3n) is 4.37. The van der Waals surface area contributed by atoms with E-state index in [0.717, 1.165) is 22.4 Å². The predicted octanol–water partition coefficient (Wildman–Crippen LogP) is 4.38. The Morgan fingerprint density at radius 2 is 1.86 bits per heavy atom. The summed E-state index contributed by atoms with van der Waals surface area (Å²) < 4.78 is 16.8. The van der Waals surface area contributed by atoms with E-state index >= 15 is 0 Å². The van der Waals surface area contributed by atoms with Gasteiger partial charge in [-0.25, -0.2) is 0 Å². The molecule has 0 aliphatic carbocycles. The minimum atomic E-state index is -1.03. The molecule has 7 heteroatoms. The molecule has 2 rings (SSSR count). The largest absolute Gasteiger partial charge is 0.480 e. The number of carboxylic acid groups (broad SMARTS) is 1. The summed E-state index contributed by atoms with van der Waals surface area (Å²) in [5, 5.41) is 8.73. The highest BCUT2D eigenvalue weighted by Crippen LogP contribution is 2.36. The van der Waals surface area contributed by atoms with E-state index in [1.807, 2.05) is 25.1 Å². The number of benzene rings is 1. The molecule has 1 saturated heterocycles. The van der Waals surface area contributed by atoms with Gasteiger partial charge in [0.15, 0.2) is 5.79 Å². The maximum absolute atomic E-state index is 12.2. The third-order valence-corrected chi connectivity index (χ3v) is 5.67. The van der Waals surface area contributed by atoms with Crippen LogP contribution in [0.1, 0.15) is 59.1 Å². The van der Waals surface area contributed by atoms with Crippen LogP contribution in [0.4, 0.5) is 0 Å². The number of esters is 1. The van der Waals surface area contributed by atoms with Gasteiger partial charge < -0.3 is 19.3 Å². The van der Waals surface area contributed by atoms with Gasteiger partial charge in [-0.05, 0) is 57.7 Å². The van der Waals surface area contributed by atoms with Crippen molar-refractivity contribution in [1.82, 2.24) is 0 Å². The number of hydrogen-bond donors (Lipinski definition) is 1. The Morgan fingerprint density at radius 1 is 1.24 bits per heavy atom. The molecule has 0 amide bonds. The molecule has 1 atom stereocenters. The Morgan fingerprint density at radius 3 is 2.38 bits per heavy atom. The quantitative estimate of drug-likeness (QED) is 0.490. The highest BCUT2D eigenvalue weighted by molar-refractivity contribution is 8.00. The Balaban J connectivity index is 2.25. The molecule has 0 spiro atoms. The van der Waals surface area contributed by atoms with Crippen molar-refractivity contribution < 1.29 is 28.9 Å². The Hall–Kier alpha value is -1.57. The number of rotatable bonds is 8. The summed E-state index contributed by atoms with van der Waals surface area (Å²) in [6.45, 7) is 12.5. The number of aliphatic carboxylic acids is 1. The van der Waals surface area contributed by atoms with Crippen LogP contribution in [-0.4, -0.2) is 41.1 Å². The topological polar surface area (TPSA) is 82.1 Å². The molecule has 0 bridgehead atoms. The lowest BCUT2D eigenvalue weighted by molar-refractivity contribution is -0.156. The molecule has 0 aromatic heterocycles. The zero-order chi connectivity index (χ0) is 21.8. The lowest BCUT2D eigenvalue weighted by atomic mass is 9.98. The lowest BCUT2D eigenvalue weighted by Crippen LogP contribution is -2.28. The van der Waals surface area contributed by atoms with Crippen LogP contribution < -0.4 is 0 Å². The maximum atomic E-state index is 12.2. The standard InChI is InChI=1S/C22H32O6S/c1-14(2)11-15-12-16(22(6)26-9-10-27-22)7-8-17(15)29-18(20(24)25)13-19(23)28-21(3,4)5/h7-8,12,14,18H,9-11,13H2,1-6H3,(H,24,25)/t18-/m0/s1. The average molecular weight is 425 g/mol. The van der Waals surface area contributed by atoms with Crippen molar-refractivity contribution in [2.24, 2.45) is 5.92 Å². The minimum Gasteiger partial charge on any atom is -0.480 e. The SMILES string of the molecule is CC(C)Cc1cc(C2(C)OCCO2)ccc1S[C@@H](CC(=O)OC(C)(C)C)C(=O)O. The molecule has 1 fully saturated rings. The van der Waals surface area contributed by atoms with Gasteiger partial charge in [-0.2, -0.15) is 0 Å². The van der Waals surface area contributed by atoms with Gasteiger partial charge in [-0.3, -0.25) is 9.59 Å². The molecule has 29 heavy (non-hydrogen) atoms. The monoisotopic (exact) mass is 424 g/mol. The van der Waals surface area contributed by atoms with Crippen molar-refractivity contribution in [2.75, 3.05) is 13.2 Å². The van der Waals surface area contributed by atoms with E-state index in [0.29, 0.717) is 19.1 Å². The second kappa shape index (κ2) is 9.49. The zero-order valence-electron chi connectivity index (χ0n) is 18.1. The Bertz CT molecular complexity index is 731. The number of hydrogen-bond acceptors (Lipinski definition) is 6. The first-order valence-corrected chi connectivity index (χ1v) is 10.8. The fraction of sp³-hybridized carbons (Fsp3) is 0.636. The summed E-state index contributed by atoms with van der Waals surface area (Å²) in [5.74, 6) is -1.94. The molecule has 1 heterocycles. The number of carbonyl (C=O) groups is 2. The summed E-state index contributed by atoms with van der Waals surface area (Å²) >= 11 is 1.19. The van der Waals surface area contributed by atoms with Gasteiger partial charge in [0.05, 0.1) is 19.6 Å². The molecule has 0 unspecified atom stereocenters. The summed E-state index contributed by atoms with van der Waals surface area (Å²) in [5.41, 5.74) is 1.29. The van der Waals surface area contributed by atoms with Gasteiger partial charge in [0.1, 0.15) is 10.9 Å². The molecule has 1 aliphatic heterocycles. The molecule has 0 saturated carbocycles. The van der Waals surface area contributed by atoms with Crippen molar-refractivity contribution in [3.8, 4) is 0 Å². The molecular formula is C22H32O6S. The van der Waals surface area contributed by atoms with E-state index in [1.165, 1.54) is 11.8 Å². The van der Waals surface area contributed by atoms with Crippen molar-refractivity contribution in [2.45, 2.75) is 75.9 Å². The molecular weight excluding hydrogens is 392 g/mol. The smallest absolute Gasteiger partial charge is 0.317 e. The molecule has 1 aliphatic rings. The van der Waals surface area contributed by atoms with E-state index in [9.17, 15) is 14.7 Å². The van der Waals surface area contributed by atoms with Gasteiger partial charge in [0, 0.05) is 10.5 Å². The van der Waals surface area contributed by atoms with Crippen LogP contribution in [0, 0.1) is 5.92 Å². The second-order valence-electron chi connectivity index (χ2n) is 8.80. The summed E-state index contributed by atoms with van der Waals surface area (Å²) in [6, 6.07) is 5.84. The minimum absolute atomic E-state index is 0.190. The van der Waals surface area contributed by atoms with Crippen LogP contribution in [0.15, 0.2) is 23.1 Å². The highest BCUT2D eigenvalue weighted by atomic mass is 32.2. The number of carboxylic acids is 1. The van der Waals surface area contributed by atoms with Crippen molar-refractivity contribution >= 4 is 23.7 Å². The van der Waals surface area contributed by atoms with E-state index < -0.39 is 28.6 Å². The summed E-state index contributed by atoms with van der Waals surface area (Å²) in [6.07, 6.45) is 0.592. The first-order chi connectivity index (χ1) is 13.4. The zero-order valence-corrected chi connectivity index (χ0v) is 18.9. The van der Waals surface area contributed by atoms with Gasteiger partial charge >= 0.3 is 11.9 Å². The van der Waals surface area contributed by atoms with Gasteiger partial charge in [-0.15, -0.1) is 11.8 Å². The number of ether oxygens (including phenoxy) is 3. The van der Waals surface area contributed by atoms with E-state index in [-0.39, 0.29) is 6.42 Å². The van der Waals surface area contributed by atoms with Crippen LogP contribution in [0.2, 0.25) is 0 Å².